The lowest BCUT2D eigenvalue weighted by atomic mass is 10.0. The molecular formula is C26H27F2N3O4. The fourth-order valence-electron chi connectivity index (χ4n) is 5.16. The zero-order valence-corrected chi connectivity index (χ0v) is 19.3. The predicted octanol–water partition coefficient (Wildman–Crippen LogP) is 3.16. The zero-order valence-electron chi connectivity index (χ0n) is 19.3. The number of piperidine rings is 2. The summed E-state index contributed by atoms with van der Waals surface area (Å²) in [4.78, 5) is 40.2. The van der Waals surface area contributed by atoms with E-state index in [2.05, 4.69) is 10.2 Å². The molecule has 0 aromatic heterocycles. The second kappa shape index (κ2) is 9.73. The summed E-state index contributed by atoms with van der Waals surface area (Å²) in [5, 5.41) is 2.31. The molecule has 0 bridgehead atoms. The van der Waals surface area contributed by atoms with Crippen molar-refractivity contribution in [2.45, 2.75) is 57.3 Å². The lowest BCUT2D eigenvalue weighted by molar-refractivity contribution is -0.136. The summed E-state index contributed by atoms with van der Waals surface area (Å²) < 4.78 is 33.5. The fraction of sp³-hybridized carbons (Fsp3) is 0.423. The number of fused-ring (bicyclic) bond motifs is 1. The highest BCUT2D eigenvalue weighted by Gasteiger charge is 2.39. The molecule has 3 heterocycles. The molecule has 3 aliphatic heterocycles. The van der Waals surface area contributed by atoms with E-state index in [9.17, 15) is 23.2 Å². The molecule has 2 aromatic carbocycles. The highest BCUT2D eigenvalue weighted by atomic mass is 19.1. The number of nitrogens with zero attached hydrogens (tertiary/aromatic N) is 2. The van der Waals surface area contributed by atoms with E-state index in [1.54, 1.807) is 12.1 Å². The highest BCUT2D eigenvalue weighted by molar-refractivity contribution is 6.05. The van der Waals surface area contributed by atoms with Crippen LogP contribution in [0.25, 0.3) is 0 Å². The molecule has 3 amide bonds. The van der Waals surface area contributed by atoms with E-state index in [4.69, 9.17) is 4.74 Å². The van der Waals surface area contributed by atoms with Crippen molar-refractivity contribution in [3.63, 3.8) is 0 Å². The quantitative estimate of drug-likeness (QED) is 0.639. The molecule has 2 aromatic rings. The van der Waals surface area contributed by atoms with Crippen LogP contribution in [0.2, 0.25) is 0 Å². The van der Waals surface area contributed by atoms with E-state index in [-0.39, 0.29) is 30.8 Å². The summed E-state index contributed by atoms with van der Waals surface area (Å²) in [6.45, 7) is 1.90. The van der Waals surface area contributed by atoms with Gasteiger partial charge in [-0.25, -0.2) is 8.78 Å². The minimum absolute atomic E-state index is 0.0862. The Balaban J connectivity index is 1.23. The van der Waals surface area contributed by atoms with Crippen molar-refractivity contribution in [3.8, 4) is 5.75 Å². The van der Waals surface area contributed by atoms with Gasteiger partial charge in [0.15, 0.2) is 0 Å². The summed E-state index contributed by atoms with van der Waals surface area (Å²) in [5.41, 5.74) is 1.78. The maximum absolute atomic E-state index is 14.2. The number of nitrogens with one attached hydrogen (secondary N) is 1. The normalized spacial score (nSPS) is 22.8. The van der Waals surface area contributed by atoms with Crippen molar-refractivity contribution in [2.24, 2.45) is 0 Å². The van der Waals surface area contributed by atoms with Gasteiger partial charge in [-0.15, -0.1) is 0 Å². The molecule has 5 rings (SSSR count). The molecule has 0 saturated carbocycles. The number of halogens is 2. The minimum Gasteiger partial charge on any atom is -0.492 e. The third-order valence-corrected chi connectivity index (χ3v) is 7.08. The number of likely N-dealkylation sites (tertiary alicyclic amines) is 1. The summed E-state index contributed by atoms with van der Waals surface area (Å²) in [7, 11) is 0. The van der Waals surface area contributed by atoms with Crippen LogP contribution >= 0.6 is 0 Å². The summed E-state index contributed by atoms with van der Waals surface area (Å²) >= 11 is 0. The van der Waals surface area contributed by atoms with E-state index >= 15 is 0 Å². The van der Waals surface area contributed by atoms with Gasteiger partial charge in [-0.1, -0.05) is 12.5 Å². The van der Waals surface area contributed by atoms with Crippen LogP contribution in [0.15, 0.2) is 36.4 Å². The van der Waals surface area contributed by atoms with Crippen LogP contribution in [0, 0.1) is 11.6 Å². The first kappa shape index (κ1) is 23.4. The van der Waals surface area contributed by atoms with Gasteiger partial charge in [-0.05, 0) is 55.6 Å². The standard InChI is InChI=1S/C26H27F2N3O4/c27-18-5-4-16(22(28)12-18)13-30-10-2-1-3-19(30)15-35-20-6-7-21-17(11-20)14-31(26(21)34)23-8-9-24(32)29-25(23)33/h4-7,11-12,19,23H,1-3,8-10,13-15H2,(H,29,32,33)/t19-,23?/m1/s1. The average Bonchev–Trinajstić information content (AvgIpc) is 3.15. The number of rotatable bonds is 6. The zero-order chi connectivity index (χ0) is 24.5. The average molecular weight is 484 g/mol. The topological polar surface area (TPSA) is 79.0 Å². The molecule has 1 N–H and O–H groups in total. The first-order valence-corrected chi connectivity index (χ1v) is 12.0. The molecule has 0 spiro atoms. The van der Waals surface area contributed by atoms with Crippen molar-refractivity contribution in [1.82, 2.24) is 15.1 Å². The van der Waals surface area contributed by atoms with E-state index in [0.29, 0.717) is 36.4 Å². The Morgan fingerprint density at radius 1 is 1.03 bits per heavy atom. The number of ether oxygens (including phenoxy) is 1. The lowest BCUT2D eigenvalue weighted by Crippen LogP contribution is -2.52. The number of carbonyl (C=O) groups excluding carboxylic acids is 3. The Kier molecular flexibility index (Phi) is 6.51. The maximum atomic E-state index is 14.2. The number of benzene rings is 2. The van der Waals surface area contributed by atoms with Gasteiger partial charge in [0.2, 0.25) is 11.8 Å². The smallest absolute Gasteiger partial charge is 0.255 e. The number of amides is 3. The number of carbonyl (C=O) groups is 3. The van der Waals surface area contributed by atoms with Gasteiger partial charge in [0.05, 0.1) is 0 Å². The summed E-state index contributed by atoms with van der Waals surface area (Å²) in [5.74, 6) is -1.48. The molecule has 2 fully saturated rings. The third-order valence-electron chi connectivity index (χ3n) is 7.08. The van der Waals surface area contributed by atoms with Gasteiger partial charge in [-0.3, -0.25) is 24.6 Å². The Hall–Kier alpha value is -3.33. The highest BCUT2D eigenvalue weighted by Crippen LogP contribution is 2.31. The molecule has 7 nitrogen and oxygen atoms in total. The Morgan fingerprint density at radius 3 is 2.69 bits per heavy atom. The van der Waals surface area contributed by atoms with Gasteiger partial charge >= 0.3 is 0 Å². The fourth-order valence-corrected chi connectivity index (χ4v) is 5.16. The third kappa shape index (κ3) is 4.91. The Bertz CT molecular complexity index is 1170. The molecule has 3 aliphatic rings. The molecule has 9 heteroatoms. The van der Waals surface area contributed by atoms with Gasteiger partial charge in [0, 0.05) is 42.7 Å². The van der Waals surface area contributed by atoms with Gasteiger partial charge in [0.25, 0.3) is 5.91 Å². The molecule has 2 atom stereocenters. The van der Waals surface area contributed by atoms with Crippen LogP contribution in [-0.4, -0.2) is 52.8 Å². The second-order valence-corrected chi connectivity index (χ2v) is 9.39. The summed E-state index contributed by atoms with van der Waals surface area (Å²) in [6, 6.07) is 8.40. The van der Waals surface area contributed by atoms with Crippen molar-refractivity contribution in [3.05, 3.63) is 64.7 Å². The molecule has 0 aliphatic carbocycles. The monoisotopic (exact) mass is 483 g/mol. The molecule has 1 unspecified atom stereocenters. The van der Waals surface area contributed by atoms with Gasteiger partial charge in [-0.2, -0.15) is 0 Å². The largest absolute Gasteiger partial charge is 0.492 e. The van der Waals surface area contributed by atoms with Crippen LogP contribution in [0.4, 0.5) is 8.78 Å². The van der Waals surface area contributed by atoms with Crippen LogP contribution in [0.5, 0.6) is 5.75 Å². The van der Waals surface area contributed by atoms with Gasteiger partial charge in [0.1, 0.15) is 30.0 Å². The Morgan fingerprint density at radius 2 is 1.89 bits per heavy atom. The minimum atomic E-state index is -0.653. The predicted molar refractivity (Wildman–Crippen MR) is 122 cm³/mol. The second-order valence-electron chi connectivity index (χ2n) is 9.39. The van der Waals surface area contributed by atoms with E-state index in [1.807, 2.05) is 6.07 Å². The lowest BCUT2D eigenvalue weighted by Gasteiger charge is -2.35. The summed E-state index contributed by atoms with van der Waals surface area (Å²) in [6.07, 6.45) is 3.51. The maximum Gasteiger partial charge on any atom is 0.255 e. The van der Waals surface area contributed by atoms with Crippen LogP contribution in [0.3, 0.4) is 0 Å². The van der Waals surface area contributed by atoms with Crippen molar-refractivity contribution in [2.75, 3.05) is 13.2 Å². The first-order chi connectivity index (χ1) is 16.9. The van der Waals surface area contributed by atoms with Crippen LogP contribution < -0.4 is 10.1 Å². The first-order valence-electron chi connectivity index (χ1n) is 12.0. The molecule has 0 radical (unpaired) electrons. The molecule has 2 saturated heterocycles. The molecular weight excluding hydrogens is 456 g/mol. The number of imide groups is 1. The van der Waals surface area contributed by atoms with Crippen LogP contribution in [-0.2, 0) is 22.7 Å². The van der Waals surface area contributed by atoms with E-state index < -0.39 is 23.6 Å². The number of hydrogen-bond acceptors (Lipinski definition) is 5. The van der Waals surface area contributed by atoms with E-state index in [1.165, 1.54) is 17.0 Å². The van der Waals surface area contributed by atoms with Gasteiger partial charge < -0.3 is 9.64 Å². The van der Waals surface area contributed by atoms with E-state index in [0.717, 1.165) is 37.4 Å². The van der Waals surface area contributed by atoms with Crippen LogP contribution in [0.1, 0.15) is 53.6 Å². The van der Waals surface area contributed by atoms with Crippen molar-refractivity contribution in [1.29, 1.82) is 0 Å². The molecule has 184 valence electrons. The molecule has 35 heavy (non-hydrogen) atoms. The number of hydrogen-bond donors (Lipinski definition) is 1. The van der Waals surface area contributed by atoms with Crippen molar-refractivity contribution < 1.29 is 27.9 Å². The Labute approximate surface area is 202 Å². The van der Waals surface area contributed by atoms with Crippen molar-refractivity contribution >= 4 is 17.7 Å². The SMILES string of the molecule is O=C1CCC(N2Cc3cc(OC[C@H]4CCCCN4Cc4ccc(F)cc4F)ccc3C2=O)C(=O)N1.